The van der Waals surface area contributed by atoms with Crippen LogP contribution in [-0.4, -0.2) is 40.0 Å². The zero-order valence-corrected chi connectivity index (χ0v) is 13.9. The smallest absolute Gasteiger partial charge is 0.311 e. The van der Waals surface area contributed by atoms with Crippen molar-refractivity contribution in [2.24, 2.45) is 5.41 Å². The molecule has 0 bridgehead atoms. The third-order valence-electron chi connectivity index (χ3n) is 4.25. The van der Waals surface area contributed by atoms with Gasteiger partial charge in [-0.1, -0.05) is 12.1 Å². The second-order valence-corrected chi connectivity index (χ2v) is 7.08. The normalized spacial score (nSPS) is 20.7. The van der Waals surface area contributed by atoms with E-state index in [1.54, 1.807) is 29.2 Å². The highest BCUT2D eigenvalue weighted by molar-refractivity contribution is 7.13. The van der Waals surface area contributed by atoms with Gasteiger partial charge in [0.15, 0.2) is 0 Å². The Morgan fingerprint density at radius 3 is 2.78 bits per heavy atom. The van der Waals surface area contributed by atoms with Crippen molar-refractivity contribution >= 4 is 23.2 Å². The fraction of sp³-hybridized carbons (Fsp3) is 0.353. The summed E-state index contributed by atoms with van der Waals surface area (Å²) >= 11 is 1.55. The van der Waals surface area contributed by atoms with Crippen LogP contribution in [-0.2, 0) is 4.79 Å². The van der Waals surface area contributed by atoms with Crippen LogP contribution in [0.4, 0.5) is 0 Å². The third-order valence-corrected chi connectivity index (χ3v) is 5.26. The highest BCUT2D eigenvalue weighted by atomic mass is 32.1. The summed E-state index contributed by atoms with van der Waals surface area (Å²) in [7, 11) is 0. The van der Waals surface area contributed by atoms with E-state index < -0.39 is 11.4 Å². The average Bonchev–Trinajstić information content (AvgIpc) is 3.14. The Hall–Kier alpha value is -2.21. The van der Waals surface area contributed by atoms with Crippen LogP contribution in [0.2, 0.25) is 0 Å². The third kappa shape index (κ3) is 2.99. The van der Waals surface area contributed by atoms with E-state index in [1.165, 1.54) is 0 Å². The lowest BCUT2D eigenvalue weighted by atomic mass is 9.90. The van der Waals surface area contributed by atoms with Crippen molar-refractivity contribution in [2.45, 2.75) is 20.3 Å². The number of thiazole rings is 1. The summed E-state index contributed by atoms with van der Waals surface area (Å²) in [6.45, 7) is 4.35. The number of hydrogen-bond donors (Lipinski definition) is 1. The number of aromatic nitrogens is 1. The van der Waals surface area contributed by atoms with Gasteiger partial charge in [0, 0.05) is 35.3 Å². The van der Waals surface area contributed by atoms with Crippen LogP contribution >= 0.6 is 11.3 Å². The number of carbonyl (C=O) groups is 2. The van der Waals surface area contributed by atoms with Crippen molar-refractivity contribution in [3.05, 3.63) is 40.9 Å². The summed E-state index contributed by atoms with van der Waals surface area (Å²) in [4.78, 5) is 30.1. The number of likely N-dealkylation sites (tertiary alicyclic amines) is 1. The maximum Gasteiger partial charge on any atom is 0.311 e. The van der Waals surface area contributed by atoms with Gasteiger partial charge in [0.1, 0.15) is 5.01 Å². The molecule has 2 aromatic rings. The number of aryl methyl sites for hydroxylation is 1. The molecule has 1 N–H and O–H groups in total. The van der Waals surface area contributed by atoms with Crippen molar-refractivity contribution in [3.8, 4) is 10.6 Å². The van der Waals surface area contributed by atoms with E-state index >= 15 is 0 Å². The summed E-state index contributed by atoms with van der Waals surface area (Å²) in [6.07, 6.45) is 0.486. The largest absolute Gasteiger partial charge is 0.481 e. The van der Waals surface area contributed by atoms with Gasteiger partial charge >= 0.3 is 5.97 Å². The Kier molecular flexibility index (Phi) is 3.93. The van der Waals surface area contributed by atoms with Crippen molar-refractivity contribution in [1.82, 2.24) is 9.88 Å². The van der Waals surface area contributed by atoms with E-state index in [-0.39, 0.29) is 12.5 Å². The Labute approximate surface area is 138 Å². The number of carboxylic acid groups (broad SMARTS) is 1. The van der Waals surface area contributed by atoms with E-state index in [0.29, 0.717) is 18.5 Å². The topological polar surface area (TPSA) is 70.5 Å². The zero-order chi connectivity index (χ0) is 16.6. The molecule has 0 unspecified atom stereocenters. The molecule has 1 aromatic carbocycles. The van der Waals surface area contributed by atoms with Crippen molar-refractivity contribution in [1.29, 1.82) is 0 Å². The molecule has 3 rings (SSSR count). The van der Waals surface area contributed by atoms with Crippen LogP contribution in [0, 0.1) is 12.3 Å². The predicted octanol–water partition coefficient (Wildman–Crippen LogP) is 3.06. The molecular weight excluding hydrogens is 312 g/mol. The number of benzene rings is 1. The van der Waals surface area contributed by atoms with Crippen LogP contribution in [0.1, 0.15) is 29.4 Å². The Bertz CT molecular complexity index is 771. The van der Waals surface area contributed by atoms with E-state index in [0.717, 1.165) is 16.3 Å². The van der Waals surface area contributed by atoms with Gasteiger partial charge in [-0.25, -0.2) is 4.98 Å². The summed E-state index contributed by atoms with van der Waals surface area (Å²) in [5, 5.41) is 12.2. The molecule has 2 heterocycles. The van der Waals surface area contributed by atoms with E-state index in [2.05, 4.69) is 4.98 Å². The molecule has 0 aliphatic carbocycles. The molecule has 5 nitrogen and oxygen atoms in total. The van der Waals surface area contributed by atoms with Gasteiger partial charge in [-0.05, 0) is 32.4 Å². The molecule has 1 fully saturated rings. The second kappa shape index (κ2) is 5.77. The van der Waals surface area contributed by atoms with Crippen molar-refractivity contribution in [3.63, 3.8) is 0 Å². The van der Waals surface area contributed by atoms with Gasteiger partial charge in [0.2, 0.25) is 0 Å². The van der Waals surface area contributed by atoms with Crippen LogP contribution in [0.3, 0.4) is 0 Å². The average molecular weight is 330 g/mol. The molecule has 1 atom stereocenters. The highest BCUT2D eigenvalue weighted by Gasteiger charge is 2.42. The number of nitrogens with zero attached hydrogens (tertiary/aromatic N) is 2. The fourth-order valence-corrected chi connectivity index (χ4v) is 3.56. The number of hydrogen-bond acceptors (Lipinski definition) is 4. The van der Waals surface area contributed by atoms with Gasteiger partial charge < -0.3 is 10.0 Å². The maximum atomic E-state index is 12.7. The van der Waals surface area contributed by atoms with Gasteiger partial charge in [-0.3, -0.25) is 9.59 Å². The van der Waals surface area contributed by atoms with Crippen LogP contribution < -0.4 is 0 Å². The van der Waals surface area contributed by atoms with Crippen molar-refractivity contribution < 1.29 is 14.7 Å². The molecule has 0 spiro atoms. The molecule has 6 heteroatoms. The quantitative estimate of drug-likeness (QED) is 0.939. The van der Waals surface area contributed by atoms with Crippen molar-refractivity contribution in [2.75, 3.05) is 13.1 Å². The Morgan fingerprint density at radius 1 is 1.39 bits per heavy atom. The molecule has 0 saturated carbocycles. The zero-order valence-electron chi connectivity index (χ0n) is 13.1. The molecule has 1 aliphatic heterocycles. The van der Waals surface area contributed by atoms with Crippen LogP contribution in [0.25, 0.3) is 10.6 Å². The van der Waals surface area contributed by atoms with E-state index in [9.17, 15) is 14.7 Å². The molecule has 120 valence electrons. The standard InChI is InChI=1S/C17H18N2O3S/c1-11-9-23-14(18-11)12-4-3-5-13(8-12)15(20)19-7-6-17(2,10-19)16(21)22/h3-5,8-9H,6-7,10H2,1-2H3,(H,21,22)/t17-/m0/s1. The molecule has 1 aliphatic rings. The van der Waals surface area contributed by atoms with Gasteiger partial charge in [0.05, 0.1) is 5.41 Å². The lowest BCUT2D eigenvalue weighted by molar-refractivity contribution is -0.147. The molecule has 1 aromatic heterocycles. The molecular formula is C17H18N2O3S. The minimum atomic E-state index is -0.848. The maximum absolute atomic E-state index is 12.7. The van der Waals surface area contributed by atoms with E-state index in [1.807, 2.05) is 30.5 Å². The second-order valence-electron chi connectivity index (χ2n) is 6.22. The first kappa shape index (κ1) is 15.7. The minimum absolute atomic E-state index is 0.120. The highest BCUT2D eigenvalue weighted by Crippen LogP contribution is 2.31. The van der Waals surface area contributed by atoms with Gasteiger partial charge in [-0.15, -0.1) is 11.3 Å². The number of carbonyl (C=O) groups excluding carboxylic acids is 1. The summed E-state index contributed by atoms with van der Waals surface area (Å²) in [5.41, 5.74) is 1.59. The van der Waals surface area contributed by atoms with Gasteiger partial charge in [0.25, 0.3) is 5.91 Å². The fourth-order valence-electron chi connectivity index (χ4n) is 2.76. The monoisotopic (exact) mass is 330 g/mol. The number of rotatable bonds is 3. The SMILES string of the molecule is Cc1csc(-c2cccc(C(=O)N3CC[C@](C)(C(=O)O)C3)c2)n1. The molecule has 23 heavy (non-hydrogen) atoms. The number of carboxylic acids is 1. The Morgan fingerprint density at radius 2 is 2.17 bits per heavy atom. The van der Waals surface area contributed by atoms with Gasteiger partial charge in [-0.2, -0.15) is 0 Å². The number of amides is 1. The molecule has 0 radical (unpaired) electrons. The first-order valence-corrected chi connectivity index (χ1v) is 8.32. The summed E-state index contributed by atoms with van der Waals surface area (Å²) < 4.78 is 0. The lowest BCUT2D eigenvalue weighted by Crippen LogP contribution is -2.34. The molecule has 1 saturated heterocycles. The number of aliphatic carboxylic acids is 1. The van der Waals surface area contributed by atoms with Crippen LogP contribution in [0.5, 0.6) is 0 Å². The lowest BCUT2D eigenvalue weighted by Gasteiger charge is -2.20. The van der Waals surface area contributed by atoms with Crippen LogP contribution in [0.15, 0.2) is 29.6 Å². The first-order valence-electron chi connectivity index (χ1n) is 7.44. The first-order chi connectivity index (χ1) is 10.9. The van der Waals surface area contributed by atoms with E-state index in [4.69, 9.17) is 0 Å². The predicted molar refractivity (Wildman–Crippen MR) is 88.6 cm³/mol. The Balaban J connectivity index is 1.82. The molecule has 1 amide bonds. The summed E-state index contributed by atoms with van der Waals surface area (Å²) in [5.74, 6) is -0.968. The summed E-state index contributed by atoms with van der Waals surface area (Å²) in [6, 6.07) is 7.37. The minimum Gasteiger partial charge on any atom is -0.481 e.